The van der Waals surface area contributed by atoms with Crippen LogP contribution < -0.4 is 20.7 Å². The minimum absolute atomic E-state index is 0.0293. The summed E-state index contributed by atoms with van der Waals surface area (Å²) < 4.78 is 32.2. The van der Waals surface area contributed by atoms with Crippen LogP contribution in [0, 0.1) is 13.8 Å². The molecular weight excluding hydrogens is 444 g/mol. The number of nitrogens with zero attached hydrogens (tertiary/aromatic N) is 1. The third-order valence-corrected chi connectivity index (χ3v) is 7.27. The smallest absolute Gasteiger partial charge is 0.319 e. The molecule has 2 aromatic carbocycles. The third-order valence-electron chi connectivity index (χ3n) is 5.24. The predicted octanol–water partition coefficient (Wildman–Crippen LogP) is 3.49. The Labute approximate surface area is 195 Å². The molecule has 2 aromatic rings. The number of sulfonamides is 1. The first-order valence-electron chi connectivity index (χ1n) is 10.7. The van der Waals surface area contributed by atoms with Crippen molar-refractivity contribution in [3.05, 3.63) is 47.5 Å². The standard InChI is InChI=1S/C23H32N4O5S/c1-6-27(7-2)33(30,31)20-14-16(3)17(4)21(15-20)26-22(28)12-13-24-23(29)25-18-8-10-19(32-5)11-9-18/h8-11,14-15H,6-7,12-13H2,1-5H3,(H,26,28)(H2,24,25,29). The van der Waals surface area contributed by atoms with Crippen molar-refractivity contribution in [3.8, 4) is 5.75 Å². The molecule has 0 aliphatic carbocycles. The number of urea groups is 1. The van der Waals surface area contributed by atoms with Gasteiger partial charge in [-0.3, -0.25) is 4.79 Å². The lowest BCUT2D eigenvalue weighted by Gasteiger charge is -2.20. The summed E-state index contributed by atoms with van der Waals surface area (Å²) in [5.41, 5.74) is 2.58. The summed E-state index contributed by atoms with van der Waals surface area (Å²) >= 11 is 0. The zero-order valence-electron chi connectivity index (χ0n) is 19.7. The molecule has 0 fully saturated rings. The van der Waals surface area contributed by atoms with Crippen LogP contribution in [0.5, 0.6) is 5.75 Å². The highest BCUT2D eigenvalue weighted by atomic mass is 32.2. The Morgan fingerprint density at radius 2 is 1.64 bits per heavy atom. The lowest BCUT2D eigenvalue weighted by Crippen LogP contribution is -2.32. The van der Waals surface area contributed by atoms with Crippen LogP contribution in [0.4, 0.5) is 16.2 Å². The second-order valence-electron chi connectivity index (χ2n) is 7.41. The molecule has 3 N–H and O–H groups in total. The molecule has 3 amide bonds. The number of aryl methyl sites for hydroxylation is 1. The molecule has 0 aliphatic rings. The summed E-state index contributed by atoms with van der Waals surface area (Å²) in [6, 6.07) is 9.52. The van der Waals surface area contributed by atoms with Crippen LogP contribution in [0.2, 0.25) is 0 Å². The number of anilines is 2. The molecule has 33 heavy (non-hydrogen) atoms. The fourth-order valence-electron chi connectivity index (χ4n) is 3.17. The number of hydrogen-bond acceptors (Lipinski definition) is 5. The van der Waals surface area contributed by atoms with Crippen molar-refractivity contribution >= 4 is 33.3 Å². The lowest BCUT2D eigenvalue weighted by atomic mass is 10.1. The van der Waals surface area contributed by atoms with Gasteiger partial charge in [-0.1, -0.05) is 13.8 Å². The molecule has 0 spiro atoms. The second kappa shape index (κ2) is 11.7. The zero-order chi connectivity index (χ0) is 24.6. The van der Waals surface area contributed by atoms with Crippen LogP contribution in [0.25, 0.3) is 0 Å². The number of ether oxygens (including phenoxy) is 1. The summed E-state index contributed by atoms with van der Waals surface area (Å²) in [4.78, 5) is 24.6. The summed E-state index contributed by atoms with van der Waals surface area (Å²) in [6.45, 7) is 8.01. The van der Waals surface area contributed by atoms with Gasteiger partial charge in [0, 0.05) is 37.4 Å². The van der Waals surface area contributed by atoms with E-state index in [9.17, 15) is 18.0 Å². The van der Waals surface area contributed by atoms with E-state index >= 15 is 0 Å². The van der Waals surface area contributed by atoms with Crippen molar-refractivity contribution in [1.82, 2.24) is 9.62 Å². The highest BCUT2D eigenvalue weighted by molar-refractivity contribution is 7.89. The van der Waals surface area contributed by atoms with Gasteiger partial charge in [0.2, 0.25) is 15.9 Å². The van der Waals surface area contributed by atoms with E-state index in [0.717, 1.165) is 11.1 Å². The minimum Gasteiger partial charge on any atom is -0.497 e. The summed E-state index contributed by atoms with van der Waals surface area (Å²) in [5.74, 6) is 0.344. The van der Waals surface area contributed by atoms with Crippen LogP contribution in [-0.2, 0) is 14.8 Å². The number of carbonyl (C=O) groups excluding carboxylic acids is 2. The maximum atomic E-state index is 12.9. The van der Waals surface area contributed by atoms with Gasteiger partial charge in [-0.25, -0.2) is 13.2 Å². The fraction of sp³-hybridized carbons (Fsp3) is 0.391. The predicted molar refractivity (Wildman–Crippen MR) is 129 cm³/mol. The van der Waals surface area contributed by atoms with E-state index < -0.39 is 16.1 Å². The van der Waals surface area contributed by atoms with Gasteiger partial charge in [0.15, 0.2) is 0 Å². The molecule has 0 atom stereocenters. The van der Waals surface area contributed by atoms with Crippen molar-refractivity contribution < 1.29 is 22.7 Å². The summed E-state index contributed by atoms with van der Waals surface area (Å²) in [5, 5.41) is 8.06. The van der Waals surface area contributed by atoms with Gasteiger partial charge in [-0.05, 0) is 61.4 Å². The zero-order valence-corrected chi connectivity index (χ0v) is 20.5. The quantitative estimate of drug-likeness (QED) is 0.485. The average Bonchev–Trinajstić information content (AvgIpc) is 2.77. The van der Waals surface area contributed by atoms with Crippen molar-refractivity contribution in [2.75, 3.05) is 37.4 Å². The number of hydrogen-bond donors (Lipinski definition) is 3. The van der Waals surface area contributed by atoms with Gasteiger partial charge in [-0.2, -0.15) is 4.31 Å². The van der Waals surface area contributed by atoms with Gasteiger partial charge in [0.1, 0.15) is 5.75 Å². The Morgan fingerprint density at radius 1 is 1.00 bits per heavy atom. The van der Waals surface area contributed by atoms with Gasteiger partial charge < -0.3 is 20.7 Å². The van der Waals surface area contributed by atoms with Crippen molar-refractivity contribution in [1.29, 1.82) is 0 Å². The highest BCUT2D eigenvalue weighted by Crippen LogP contribution is 2.26. The Balaban J connectivity index is 1.97. The second-order valence-corrected chi connectivity index (χ2v) is 9.35. The Bertz CT molecular complexity index is 1080. The Morgan fingerprint density at radius 3 is 2.21 bits per heavy atom. The number of benzene rings is 2. The van der Waals surface area contributed by atoms with E-state index in [4.69, 9.17) is 4.74 Å². The topological polar surface area (TPSA) is 117 Å². The number of rotatable bonds is 10. The normalized spacial score (nSPS) is 11.2. The van der Waals surface area contributed by atoms with Crippen LogP contribution in [0.3, 0.4) is 0 Å². The first-order chi connectivity index (χ1) is 15.6. The van der Waals surface area contributed by atoms with E-state index in [-0.39, 0.29) is 23.8 Å². The largest absolute Gasteiger partial charge is 0.497 e. The molecular formula is C23H32N4O5S. The number of amides is 3. The molecule has 9 nitrogen and oxygen atoms in total. The maximum Gasteiger partial charge on any atom is 0.319 e. The first kappa shape index (κ1) is 26.1. The molecule has 0 radical (unpaired) electrons. The lowest BCUT2D eigenvalue weighted by molar-refractivity contribution is -0.116. The average molecular weight is 477 g/mol. The van der Waals surface area contributed by atoms with E-state index in [0.29, 0.717) is 30.2 Å². The molecule has 0 heterocycles. The number of carbonyl (C=O) groups is 2. The molecule has 180 valence electrons. The first-order valence-corrected chi connectivity index (χ1v) is 12.2. The Hall–Kier alpha value is -3.11. The SMILES string of the molecule is CCN(CC)S(=O)(=O)c1cc(C)c(C)c(NC(=O)CCNC(=O)Nc2ccc(OC)cc2)c1. The van der Waals surface area contributed by atoms with Gasteiger partial charge in [0.05, 0.1) is 12.0 Å². The van der Waals surface area contributed by atoms with E-state index in [1.165, 1.54) is 10.4 Å². The van der Waals surface area contributed by atoms with E-state index in [1.54, 1.807) is 58.2 Å². The van der Waals surface area contributed by atoms with E-state index in [2.05, 4.69) is 16.0 Å². The molecule has 10 heteroatoms. The van der Waals surface area contributed by atoms with Crippen LogP contribution in [0.1, 0.15) is 31.4 Å². The van der Waals surface area contributed by atoms with Gasteiger partial charge in [-0.15, -0.1) is 0 Å². The molecule has 0 saturated heterocycles. The summed E-state index contributed by atoms with van der Waals surface area (Å²) in [7, 11) is -2.09. The van der Waals surface area contributed by atoms with Gasteiger partial charge >= 0.3 is 6.03 Å². The molecule has 0 unspecified atom stereocenters. The maximum absolute atomic E-state index is 12.9. The molecule has 0 aliphatic heterocycles. The number of methoxy groups -OCH3 is 1. The highest BCUT2D eigenvalue weighted by Gasteiger charge is 2.23. The minimum atomic E-state index is -3.65. The van der Waals surface area contributed by atoms with Crippen LogP contribution >= 0.6 is 0 Å². The number of nitrogens with one attached hydrogen (secondary N) is 3. The molecule has 0 aromatic heterocycles. The van der Waals surface area contributed by atoms with E-state index in [1.807, 2.05) is 6.92 Å². The Kier molecular flexibility index (Phi) is 9.24. The fourth-order valence-corrected chi connectivity index (χ4v) is 4.74. The molecule has 0 bridgehead atoms. The van der Waals surface area contributed by atoms with Crippen molar-refractivity contribution in [2.24, 2.45) is 0 Å². The van der Waals surface area contributed by atoms with Crippen molar-refractivity contribution in [3.63, 3.8) is 0 Å². The van der Waals surface area contributed by atoms with Crippen LogP contribution in [-0.4, -0.2) is 51.4 Å². The molecule has 2 rings (SSSR count). The third kappa shape index (κ3) is 6.93. The molecule has 0 saturated carbocycles. The summed E-state index contributed by atoms with van der Waals surface area (Å²) in [6.07, 6.45) is 0.0293. The van der Waals surface area contributed by atoms with Crippen molar-refractivity contribution in [2.45, 2.75) is 39.0 Å². The van der Waals surface area contributed by atoms with Crippen LogP contribution in [0.15, 0.2) is 41.3 Å². The monoisotopic (exact) mass is 476 g/mol. The van der Waals surface area contributed by atoms with Gasteiger partial charge in [0.25, 0.3) is 0 Å².